The van der Waals surface area contributed by atoms with E-state index in [1.54, 1.807) is 23.9 Å². The second kappa shape index (κ2) is 13.1. The van der Waals surface area contributed by atoms with Crippen LogP contribution < -0.4 is 15.5 Å². The van der Waals surface area contributed by atoms with E-state index in [1.807, 2.05) is 0 Å². The topological polar surface area (TPSA) is 136 Å². The number of aromatic nitrogens is 3. The van der Waals surface area contributed by atoms with Gasteiger partial charge in [-0.15, -0.1) is 0 Å². The number of imidazole rings is 1. The molecule has 2 fully saturated rings. The Bertz CT molecular complexity index is 1620. The Labute approximate surface area is 264 Å². The fraction of sp³-hybridized carbons (Fsp3) is 0.433. The van der Waals surface area contributed by atoms with Gasteiger partial charge in [-0.25, -0.2) is 9.37 Å². The first-order chi connectivity index (χ1) is 21.4. The summed E-state index contributed by atoms with van der Waals surface area (Å²) in [5.41, 5.74) is -0.457. The number of nitrogens with one attached hydrogen (secondary N) is 2. The molecular formula is C30H35ClF2N8O4. The molecule has 2 saturated heterocycles. The average molecular weight is 645 g/mol. The molecule has 2 aliphatic rings. The van der Waals surface area contributed by atoms with Crippen molar-refractivity contribution in [3.63, 3.8) is 0 Å². The summed E-state index contributed by atoms with van der Waals surface area (Å²) < 4.78 is 30.5. The quantitative estimate of drug-likeness (QED) is 0.334. The summed E-state index contributed by atoms with van der Waals surface area (Å²) in [5.74, 6) is -2.93. The molecule has 15 heteroatoms. The van der Waals surface area contributed by atoms with Crippen LogP contribution in [0.3, 0.4) is 0 Å². The molecule has 0 saturated carbocycles. The van der Waals surface area contributed by atoms with Gasteiger partial charge >= 0.3 is 0 Å². The fourth-order valence-corrected chi connectivity index (χ4v) is 5.83. The Balaban J connectivity index is 1.20. The molecule has 0 unspecified atom stereocenters. The molecule has 0 radical (unpaired) electrons. The molecule has 3 amide bonds. The zero-order valence-corrected chi connectivity index (χ0v) is 26.0. The first-order valence-corrected chi connectivity index (χ1v) is 14.9. The molecule has 12 nitrogen and oxygen atoms in total. The molecule has 0 spiro atoms. The SMILES string of the molecule is CN(C)c1nc(F)c(-c2cnc(C(=O)Nc3ccc(C(=O)N4CCN(C(=O)CC5(O)CCNCC5)CC4)c(Cl)c3)n2C)cc1F. The van der Waals surface area contributed by atoms with Crippen molar-refractivity contribution in [2.24, 2.45) is 7.05 Å². The van der Waals surface area contributed by atoms with Crippen LogP contribution in [0.2, 0.25) is 5.02 Å². The number of piperazine rings is 1. The number of carbonyl (C=O) groups excluding carboxylic acids is 3. The number of aliphatic hydroxyl groups is 1. The van der Waals surface area contributed by atoms with Crippen LogP contribution in [-0.4, -0.2) is 106 Å². The number of halogens is 3. The van der Waals surface area contributed by atoms with Gasteiger partial charge in [0.25, 0.3) is 11.8 Å². The van der Waals surface area contributed by atoms with Gasteiger partial charge in [-0.1, -0.05) is 11.6 Å². The molecule has 0 bridgehead atoms. The number of nitrogens with zero attached hydrogens (tertiary/aromatic N) is 6. The van der Waals surface area contributed by atoms with Crippen molar-refractivity contribution >= 4 is 40.8 Å². The number of benzene rings is 1. The van der Waals surface area contributed by atoms with E-state index in [2.05, 4.69) is 20.6 Å². The van der Waals surface area contributed by atoms with E-state index < -0.39 is 23.3 Å². The van der Waals surface area contributed by atoms with Crippen molar-refractivity contribution in [2.45, 2.75) is 24.9 Å². The minimum atomic E-state index is -0.994. The summed E-state index contributed by atoms with van der Waals surface area (Å²) in [5, 5.41) is 16.7. The summed E-state index contributed by atoms with van der Waals surface area (Å²) in [6.07, 6.45) is 2.37. The number of piperidine rings is 1. The highest BCUT2D eigenvalue weighted by Crippen LogP contribution is 2.28. The Morgan fingerprint density at radius 2 is 1.76 bits per heavy atom. The van der Waals surface area contributed by atoms with E-state index >= 15 is 0 Å². The zero-order chi connectivity index (χ0) is 32.5. The lowest BCUT2D eigenvalue weighted by Gasteiger charge is -2.38. The first kappa shape index (κ1) is 32.3. The number of hydrogen-bond acceptors (Lipinski definition) is 8. The number of carbonyl (C=O) groups is 3. The summed E-state index contributed by atoms with van der Waals surface area (Å²) in [6.45, 7) is 2.68. The summed E-state index contributed by atoms with van der Waals surface area (Å²) >= 11 is 6.45. The summed E-state index contributed by atoms with van der Waals surface area (Å²) in [6, 6.07) is 5.47. The molecule has 4 heterocycles. The molecule has 45 heavy (non-hydrogen) atoms. The molecule has 5 rings (SSSR count). The van der Waals surface area contributed by atoms with Crippen LogP contribution in [0.4, 0.5) is 20.3 Å². The minimum Gasteiger partial charge on any atom is -0.389 e. The standard InChI is InChI=1S/C30H35ClF2N8O4/c1-38(2)26-22(32)15-20(25(33)37-26)23-17-35-27(39(23)3)28(43)36-18-4-5-19(21(31)14-18)29(44)41-12-10-40(11-13-41)24(42)16-30(45)6-8-34-9-7-30/h4-5,14-15,17,34,45H,6-13,16H2,1-3H3,(H,36,43). The van der Waals surface area contributed by atoms with E-state index in [0.717, 1.165) is 6.07 Å². The normalized spacial score (nSPS) is 16.4. The van der Waals surface area contributed by atoms with Crippen LogP contribution in [0.5, 0.6) is 0 Å². The van der Waals surface area contributed by atoms with Crippen molar-refractivity contribution in [1.82, 2.24) is 29.7 Å². The van der Waals surface area contributed by atoms with Crippen molar-refractivity contribution in [3.05, 3.63) is 58.6 Å². The van der Waals surface area contributed by atoms with E-state index in [1.165, 1.54) is 40.9 Å². The van der Waals surface area contributed by atoms with Gasteiger partial charge in [0.1, 0.15) is 0 Å². The highest BCUT2D eigenvalue weighted by Gasteiger charge is 2.35. The highest BCUT2D eigenvalue weighted by molar-refractivity contribution is 6.34. The second-order valence-electron chi connectivity index (χ2n) is 11.5. The van der Waals surface area contributed by atoms with Crippen molar-refractivity contribution in [2.75, 3.05) is 63.6 Å². The van der Waals surface area contributed by atoms with Gasteiger partial charge in [-0.2, -0.15) is 9.37 Å². The highest BCUT2D eigenvalue weighted by atomic mass is 35.5. The molecule has 0 atom stereocenters. The summed E-state index contributed by atoms with van der Waals surface area (Å²) in [7, 11) is 4.58. The van der Waals surface area contributed by atoms with Crippen molar-refractivity contribution in [3.8, 4) is 11.3 Å². The molecular weight excluding hydrogens is 610 g/mol. The van der Waals surface area contributed by atoms with Gasteiger partial charge in [0.2, 0.25) is 11.9 Å². The van der Waals surface area contributed by atoms with Crippen LogP contribution in [0.15, 0.2) is 30.5 Å². The molecule has 1 aromatic carbocycles. The number of rotatable bonds is 7. The van der Waals surface area contributed by atoms with Gasteiger partial charge in [0, 0.05) is 53.0 Å². The van der Waals surface area contributed by atoms with Crippen LogP contribution in [-0.2, 0) is 11.8 Å². The third-order valence-electron chi connectivity index (χ3n) is 8.19. The summed E-state index contributed by atoms with van der Waals surface area (Å²) in [4.78, 5) is 51.5. The van der Waals surface area contributed by atoms with E-state index in [0.29, 0.717) is 57.8 Å². The van der Waals surface area contributed by atoms with Crippen molar-refractivity contribution < 1.29 is 28.3 Å². The molecule has 2 aliphatic heterocycles. The lowest BCUT2D eigenvalue weighted by molar-refractivity contribution is -0.139. The molecule has 2 aromatic heterocycles. The van der Waals surface area contributed by atoms with Crippen LogP contribution in [0.25, 0.3) is 11.3 Å². The Kier molecular flexibility index (Phi) is 9.37. The average Bonchev–Trinajstić information content (AvgIpc) is 3.38. The van der Waals surface area contributed by atoms with Gasteiger partial charge in [-0.05, 0) is 50.2 Å². The predicted octanol–water partition coefficient (Wildman–Crippen LogP) is 2.52. The maximum absolute atomic E-state index is 14.7. The molecule has 3 N–H and O–H groups in total. The Hall–Kier alpha value is -4.14. The Morgan fingerprint density at radius 3 is 2.40 bits per heavy atom. The number of hydrogen-bond donors (Lipinski definition) is 3. The lowest BCUT2D eigenvalue weighted by atomic mass is 9.88. The van der Waals surface area contributed by atoms with Gasteiger partial charge < -0.3 is 35.0 Å². The fourth-order valence-electron chi connectivity index (χ4n) is 5.57. The molecule has 240 valence electrons. The molecule has 3 aromatic rings. The monoisotopic (exact) mass is 644 g/mol. The van der Waals surface area contributed by atoms with E-state index in [9.17, 15) is 28.3 Å². The first-order valence-electron chi connectivity index (χ1n) is 14.5. The van der Waals surface area contributed by atoms with Gasteiger partial charge in [-0.3, -0.25) is 14.4 Å². The van der Waals surface area contributed by atoms with Crippen molar-refractivity contribution in [1.29, 1.82) is 0 Å². The second-order valence-corrected chi connectivity index (χ2v) is 11.9. The van der Waals surface area contributed by atoms with Crippen LogP contribution in [0, 0.1) is 11.8 Å². The third kappa shape index (κ3) is 6.92. The van der Waals surface area contributed by atoms with E-state index in [4.69, 9.17) is 11.6 Å². The van der Waals surface area contributed by atoms with Gasteiger partial charge in [0.15, 0.2) is 17.5 Å². The minimum absolute atomic E-state index is 0.0672. The number of pyridine rings is 1. The third-order valence-corrected chi connectivity index (χ3v) is 8.51. The molecule has 0 aliphatic carbocycles. The largest absolute Gasteiger partial charge is 0.389 e. The Morgan fingerprint density at radius 1 is 1.09 bits per heavy atom. The van der Waals surface area contributed by atoms with Crippen LogP contribution >= 0.6 is 11.6 Å². The number of anilines is 2. The maximum Gasteiger partial charge on any atom is 0.291 e. The lowest BCUT2D eigenvalue weighted by Crippen LogP contribution is -2.53. The predicted molar refractivity (Wildman–Crippen MR) is 164 cm³/mol. The van der Waals surface area contributed by atoms with E-state index in [-0.39, 0.29) is 51.7 Å². The van der Waals surface area contributed by atoms with Crippen LogP contribution in [0.1, 0.15) is 40.2 Å². The van der Waals surface area contributed by atoms with Gasteiger partial charge in [0.05, 0.1) is 40.1 Å². The number of amides is 3. The maximum atomic E-state index is 14.7. The zero-order valence-electron chi connectivity index (χ0n) is 25.2. The smallest absolute Gasteiger partial charge is 0.291 e.